The molecule has 0 heterocycles. The fourth-order valence-corrected chi connectivity index (χ4v) is 1.83. The quantitative estimate of drug-likeness (QED) is 0.857. The summed E-state index contributed by atoms with van der Waals surface area (Å²) >= 11 is 11.6. The number of nitrogens with one attached hydrogen (secondary N) is 2. The van der Waals surface area contributed by atoms with Crippen LogP contribution in [0.4, 0.5) is 16.2 Å². The second-order valence-corrected chi connectivity index (χ2v) is 4.72. The van der Waals surface area contributed by atoms with Crippen LogP contribution in [-0.4, -0.2) is 6.03 Å². The lowest BCUT2D eigenvalue weighted by atomic mass is 10.2. The number of benzene rings is 2. The lowest BCUT2D eigenvalue weighted by molar-refractivity contribution is 0.262. The number of urea groups is 1. The highest BCUT2D eigenvalue weighted by atomic mass is 35.5. The van der Waals surface area contributed by atoms with Gasteiger partial charge in [0.2, 0.25) is 0 Å². The number of hydrogen-bond acceptors (Lipinski definition) is 2. The van der Waals surface area contributed by atoms with Crippen LogP contribution in [0.5, 0.6) is 0 Å². The summed E-state index contributed by atoms with van der Waals surface area (Å²) < 4.78 is 0. The topological polar surface area (TPSA) is 64.9 Å². The second kappa shape index (κ2) is 6.29. The Morgan fingerprint density at radius 1 is 1.00 bits per heavy atom. The van der Waals surface area contributed by atoms with Crippen molar-refractivity contribution in [2.75, 3.05) is 10.6 Å². The number of rotatable bonds is 2. The molecule has 0 spiro atoms. The molecule has 0 radical (unpaired) electrons. The van der Waals surface area contributed by atoms with Crippen molar-refractivity contribution in [1.29, 1.82) is 5.26 Å². The minimum absolute atomic E-state index is 0.357. The van der Waals surface area contributed by atoms with Gasteiger partial charge in [0, 0.05) is 11.4 Å². The molecule has 0 fully saturated rings. The molecule has 2 aromatic rings. The monoisotopic (exact) mass is 305 g/mol. The van der Waals surface area contributed by atoms with Crippen molar-refractivity contribution in [2.24, 2.45) is 0 Å². The summed E-state index contributed by atoms with van der Waals surface area (Å²) in [4.78, 5) is 11.8. The van der Waals surface area contributed by atoms with Gasteiger partial charge in [0.15, 0.2) is 0 Å². The third kappa shape index (κ3) is 3.64. The van der Waals surface area contributed by atoms with E-state index >= 15 is 0 Å². The maximum Gasteiger partial charge on any atom is 0.323 e. The Kier molecular flexibility index (Phi) is 4.46. The minimum Gasteiger partial charge on any atom is -0.308 e. The van der Waals surface area contributed by atoms with Gasteiger partial charge >= 0.3 is 6.03 Å². The average molecular weight is 306 g/mol. The first-order valence-electron chi connectivity index (χ1n) is 5.62. The van der Waals surface area contributed by atoms with E-state index in [-0.39, 0.29) is 0 Å². The standard InChI is InChI=1S/C14H9Cl2N3O/c15-12-5-4-11(7-13(12)16)19-14(20)18-10-3-1-2-9(6-10)8-17/h1-7H,(H2,18,19,20). The first-order valence-corrected chi connectivity index (χ1v) is 6.37. The smallest absolute Gasteiger partial charge is 0.308 e. The molecule has 0 aliphatic rings. The summed E-state index contributed by atoms with van der Waals surface area (Å²) in [5, 5.41) is 14.8. The lowest BCUT2D eigenvalue weighted by Gasteiger charge is -2.08. The summed E-state index contributed by atoms with van der Waals surface area (Å²) in [5.74, 6) is 0. The van der Waals surface area contributed by atoms with Gasteiger partial charge < -0.3 is 10.6 Å². The molecule has 2 amide bonds. The molecule has 0 aromatic heterocycles. The van der Waals surface area contributed by atoms with Crippen molar-refractivity contribution in [3.8, 4) is 6.07 Å². The Labute approximate surface area is 125 Å². The van der Waals surface area contributed by atoms with Crippen molar-refractivity contribution in [1.82, 2.24) is 0 Å². The van der Waals surface area contributed by atoms with Gasteiger partial charge in [-0.3, -0.25) is 0 Å². The summed E-state index contributed by atoms with van der Waals surface area (Å²) in [6.07, 6.45) is 0. The summed E-state index contributed by atoms with van der Waals surface area (Å²) in [6.45, 7) is 0. The van der Waals surface area contributed by atoms with Crippen molar-refractivity contribution in [3.63, 3.8) is 0 Å². The molecular weight excluding hydrogens is 297 g/mol. The lowest BCUT2D eigenvalue weighted by Crippen LogP contribution is -2.19. The van der Waals surface area contributed by atoms with Crippen LogP contribution in [0, 0.1) is 11.3 Å². The Hall–Kier alpha value is -2.22. The summed E-state index contributed by atoms with van der Waals surface area (Å²) in [6, 6.07) is 13.0. The number of nitriles is 1. The van der Waals surface area contributed by atoms with E-state index in [1.807, 2.05) is 6.07 Å². The molecule has 2 rings (SSSR count). The third-order valence-corrected chi connectivity index (χ3v) is 3.17. The van der Waals surface area contributed by atoms with Gasteiger partial charge in [-0.1, -0.05) is 29.3 Å². The number of hydrogen-bond donors (Lipinski definition) is 2. The first kappa shape index (κ1) is 14.2. The Morgan fingerprint density at radius 3 is 2.35 bits per heavy atom. The highest BCUT2D eigenvalue weighted by molar-refractivity contribution is 6.42. The van der Waals surface area contributed by atoms with E-state index in [0.717, 1.165) is 0 Å². The zero-order valence-corrected chi connectivity index (χ0v) is 11.7. The highest BCUT2D eigenvalue weighted by Gasteiger charge is 2.05. The molecule has 0 atom stereocenters. The van der Waals surface area contributed by atoms with E-state index in [1.165, 1.54) is 0 Å². The zero-order valence-electron chi connectivity index (χ0n) is 10.2. The van der Waals surface area contributed by atoms with Crippen LogP contribution in [0.3, 0.4) is 0 Å². The summed E-state index contributed by atoms with van der Waals surface area (Å²) in [5.41, 5.74) is 1.52. The van der Waals surface area contributed by atoms with Crippen molar-refractivity contribution < 1.29 is 4.79 Å². The SMILES string of the molecule is N#Cc1cccc(NC(=O)Nc2ccc(Cl)c(Cl)c2)c1. The van der Waals surface area contributed by atoms with E-state index in [2.05, 4.69) is 10.6 Å². The Morgan fingerprint density at radius 2 is 1.70 bits per heavy atom. The predicted octanol–water partition coefficient (Wildman–Crippen LogP) is 4.51. The molecule has 6 heteroatoms. The van der Waals surface area contributed by atoms with Crippen molar-refractivity contribution in [2.45, 2.75) is 0 Å². The largest absolute Gasteiger partial charge is 0.323 e. The van der Waals surface area contributed by atoms with E-state index in [1.54, 1.807) is 42.5 Å². The maximum atomic E-state index is 11.8. The van der Waals surface area contributed by atoms with Gasteiger partial charge in [-0.2, -0.15) is 5.26 Å². The Bertz CT molecular complexity index is 695. The molecule has 0 aliphatic carbocycles. The van der Waals surface area contributed by atoms with Crippen LogP contribution in [0.2, 0.25) is 10.0 Å². The maximum absolute atomic E-state index is 11.8. The molecule has 2 aromatic carbocycles. The Balaban J connectivity index is 2.05. The van der Waals surface area contributed by atoms with Crippen LogP contribution in [-0.2, 0) is 0 Å². The van der Waals surface area contributed by atoms with E-state index in [4.69, 9.17) is 28.5 Å². The molecule has 20 heavy (non-hydrogen) atoms. The number of carbonyl (C=O) groups is 1. The average Bonchev–Trinajstić information content (AvgIpc) is 2.43. The molecule has 4 nitrogen and oxygen atoms in total. The highest BCUT2D eigenvalue weighted by Crippen LogP contribution is 2.25. The van der Waals surface area contributed by atoms with Gasteiger partial charge in [0.1, 0.15) is 0 Å². The molecule has 0 unspecified atom stereocenters. The molecular formula is C14H9Cl2N3O. The first-order chi connectivity index (χ1) is 9.58. The molecule has 100 valence electrons. The minimum atomic E-state index is -0.432. The molecule has 0 bridgehead atoms. The van der Waals surface area contributed by atoms with E-state index < -0.39 is 6.03 Å². The number of amides is 2. The van der Waals surface area contributed by atoms with Crippen LogP contribution in [0.15, 0.2) is 42.5 Å². The zero-order chi connectivity index (χ0) is 14.5. The second-order valence-electron chi connectivity index (χ2n) is 3.90. The van der Waals surface area contributed by atoms with Crippen molar-refractivity contribution in [3.05, 3.63) is 58.1 Å². The van der Waals surface area contributed by atoms with Crippen LogP contribution in [0.1, 0.15) is 5.56 Å². The van der Waals surface area contributed by atoms with Crippen LogP contribution < -0.4 is 10.6 Å². The van der Waals surface area contributed by atoms with Gasteiger partial charge in [-0.25, -0.2) is 4.79 Å². The van der Waals surface area contributed by atoms with Gasteiger partial charge in [0.25, 0.3) is 0 Å². The number of halogens is 2. The fraction of sp³-hybridized carbons (Fsp3) is 0. The predicted molar refractivity (Wildman–Crippen MR) is 80.3 cm³/mol. The van der Waals surface area contributed by atoms with E-state index in [0.29, 0.717) is 27.0 Å². The molecule has 0 saturated heterocycles. The van der Waals surface area contributed by atoms with Crippen LogP contribution in [0.25, 0.3) is 0 Å². The summed E-state index contributed by atoms with van der Waals surface area (Å²) in [7, 11) is 0. The number of carbonyl (C=O) groups excluding carboxylic acids is 1. The van der Waals surface area contributed by atoms with Crippen molar-refractivity contribution >= 4 is 40.6 Å². The number of anilines is 2. The molecule has 0 saturated carbocycles. The molecule has 0 aliphatic heterocycles. The molecule has 2 N–H and O–H groups in total. The number of nitrogens with zero attached hydrogens (tertiary/aromatic N) is 1. The van der Waals surface area contributed by atoms with Gasteiger partial charge in [-0.05, 0) is 36.4 Å². The fourth-order valence-electron chi connectivity index (χ4n) is 1.53. The van der Waals surface area contributed by atoms with Gasteiger partial charge in [0.05, 0.1) is 21.7 Å². The third-order valence-electron chi connectivity index (χ3n) is 2.43. The van der Waals surface area contributed by atoms with Crippen LogP contribution >= 0.6 is 23.2 Å². The van der Waals surface area contributed by atoms with E-state index in [9.17, 15) is 4.79 Å². The van der Waals surface area contributed by atoms with Gasteiger partial charge in [-0.15, -0.1) is 0 Å². The normalized spacial score (nSPS) is 9.65.